The number of hydrogen-bond donors (Lipinski definition) is 2. The fraction of sp³-hybridized carbons (Fsp3) is 0.133. The molecule has 0 unspecified atom stereocenters. The van der Waals surface area contributed by atoms with Gasteiger partial charge >= 0.3 is 0 Å². The third-order valence-electron chi connectivity index (χ3n) is 2.60. The first kappa shape index (κ1) is 15.7. The van der Waals surface area contributed by atoms with Gasteiger partial charge in [-0.15, -0.1) is 11.8 Å². The van der Waals surface area contributed by atoms with Gasteiger partial charge in [0.15, 0.2) is 5.11 Å². The number of thioether (sulfide) groups is 1. The van der Waals surface area contributed by atoms with Crippen LogP contribution in [0.25, 0.3) is 0 Å². The van der Waals surface area contributed by atoms with Crippen LogP contribution < -0.4 is 10.6 Å². The summed E-state index contributed by atoms with van der Waals surface area (Å²) >= 11 is 6.70. The first-order valence-electron chi connectivity index (χ1n) is 6.33. The minimum Gasteiger partial charge on any atom is -0.362 e. The average molecular weight is 324 g/mol. The lowest BCUT2D eigenvalue weighted by Crippen LogP contribution is -2.30. The van der Waals surface area contributed by atoms with E-state index in [0.717, 1.165) is 5.75 Å². The molecule has 2 aromatic carbocycles. The van der Waals surface area contributed by atoms with Crippen molar-refractivity contribution in [3.05, 3.63) is 60.2 Å². The second-order valence-corrected chi connectivity index (χ2v) is 5.72. The Morgan fingerprint density at radius 2 is 1.67 bits per heavy atom. The van der Waals surface area contributed by atoms with Crippen LogP contribution in [-0.2, 0) is 0 Å². The van der Waals surface area contributed by atoms with Crippen molar-refractivity contribution in [2.75, 3.05) is 17.6 Å². The topological polar surface area (TPSA) is 24.1 Å². The van der Waals surface area contributed by atoms with E-state index in [1.54, 1.807) is 11.8 Å². The van der Waals surface area contributed by atoms with E-state index >= 15 is 0 Å². The van der Waals surface area contributed by atoms with Gasteiger partial charge in [0.1, 0.15) is 17.3 Å². The molecule has 0 aromatic heterocycles. The molecule has 2 aromatic rings. The van der Waals surface area contributed by atoms with Crippen molar-refractivity contribution in [3.63, 3.8) is 0 Å². The van der Waals surface area contributed by atoms with E-state index in [-0.39, 0.29) is 10.8 Å². The highest BCUT2D eigenvalue weighted by atomic mass is 32.2. The zero-order chi connectivity index (χ0) is 15.1. The molecule has 110 valence electrons. The summed E-state index contributed by atoms with van der Waals surface area (Å²) in [5.74, 6) is -0.540. The summed E-state index contributed by atoms with van der Waals surface area (Å²) in [5.41, 5.74) is -0.231. The molecule has 0 radical (unpaired) electrons. The highest BCUT2D eigenvalue weighted by Gasteiger charge is 2.09. The predicted octanol–water partition coefficient (Wildman–Crippen LogP) is 4.04. The molecule has 0 spiro atoms. The predicted molar refractivity (Wildman–Crippen MR) is 87.7 cm³/mol. The molecular weight excluding hydrogens is 310 g/mol. The third-order valence-corrected chi connectivity index (χ3v) is 3.86. The van der Waals surface area contributed by atoms with Gasteiger partial charge in [-0.3, -0.25) is 0 Å². The van der Waals surface area contributed by atoms with E-state index in [9.17, 15) is 8.78 Å². The van der Waals surface area contributed by atoms with Gasteiger partial charge < -0.3 is 10.6 Å². The first-order valence-corrected chi connectivity index (χ1v) is 7.73. The number of halogens is 2. The average Bonchev–Trinajstić information content (AvgIpc) is 2.49. The zero-order valence-electron chi connectivity index (χ0n) is 11.1. The van der Waals surface area contributed by atoms with E-state index in [4.69, 9.17) is 12.2 Å². The number of rotatable bonds is 5. The zero-order valence-corrected chi connectivity index (χ0v) is 12.7. The molecule has 2 nitrogen and oxygen atoms in total. The smallest absolute Gasteiger partial charge is 0.170 e. The highest BCUT2D eigenvalue weighted by Crippen LogP contribution is 2.18. The van der Waals surface area contributed by atoms with Gasteiger partial charge in [0.2, 0.25) is 0 Å². The maximum absolute atomic E-state index is 13.4. The van der Waals surface area contributed by atoms with Crippen molar-refractivity contribution in [2.45, 2.75) is 4.90 Å². The van der Waals surface area contributed by atoms with Gasteiger partial charge in [0, 0.05) is 17.2 Å². The Morgan fingerprint density at radius 3 is 2.33 bits per heavy atom. The van der Waals surface area contributed by atoms with Crippen molar-refractivity contribution >= 4 is 34.8 Å². The highest BCUT2D eigenvalue weighted by molar-refractivity contribution is 7.99. The quantitative estimate of drug-likeness (QED) is 0.492. The molecule has 2 N–H and O–H groups in total. The van der Waals surface area contributed by atoms with Crippen LogP contribution in [0.15, 0.2) is 53.4 Å². The Hall–Kier alpha value is -1.66. The van der Waals surface area contributed by atoms with Crippen LogP contribution in [-0.4, -0.2) is 17.4 Å². The Morgan fingerprint density at radius 1 is 1.00 bits per heavy atom. The van der Waals surface area contributed by atoms with Gasteiger partial charge in [0.25, 0.3) is 0 Å². The molecule has 21 heavy (non-hydrogen) atoms. The Bertz CT molecular complexity index is 586. The minimum atomic E-state index is -0.669. The van der Waals surface area contributed by atoms with Gasteiger partial charge in [-0.2, -0.15) is 0 Å². The molecule has 2 rings (SSSR count). The van der Waals surface area contributed by atoms with E-state index < -0.39 is 11.6 Å². The standard InChI is InChI=1S/C15H14F2N2S2/c16-12-7-4-8-13(17)14(12)19-15(20)18-9-10-21-11-5-2-1-3-6-11/h1-8H,9-10H2,(H2,18,19,20). The molecule has 0 saturated carbocycles. The lowest BCUT2D eigenvalue weighted by molar-refractivity contribution is 0.591. The largest absolute Gasteiger partial charge is 0.362 e. The van der Waals surface area contributed by atoms with Crippen molar-refractivity contribution < 1.29 is 8.78 Å². The van der Waals surface area contributed by atoms with Crippen LogP contribution in [0.5, 0.6) is 0 Å². The van der Waals surface area contributed by atoms with E-state index in [2.05, 4.69) is 10.6 Å². The number of nitrogens with one attached hydrogen (secondary N) is 2. The van der Waals surface area contributed by atoms with Gasteiger partial charge in [0.05, 0.1) is 0 Å². The Balaban J connectivity index is 1.75. The molecule has 0 heterocycles. The molecule has 0 aliphatic carbocycles. The number of para-hydroxylation sites is 1. The van der Waals surface area contributed by atoms with Crippen LogP contribution in [0.2, 0.25) is 0 Å². The van der Waals surface area contributed by atoms with Crippen molar-refractivity contribution in [1.29, 1.82) is 0 Å². The summed E-state index contributed by atoms with van der Waals surface area (Å²) in [4.78, 5) is 1.17. The summed E-state index contributed by atoms with van der Waals surface area (Å²) in [6, 6.07) is 13.6. The number of thiocarbonyl (C=S) groups is 1. The summed E-state index contributed by atoms with van der Waals surface area (Å²) < 4.78 is 26.9. The van der Waals surface area contributed by atoms with Crippen LogP contribution >= 0.6 is 24.0 Å². The summed E-state index contributed by atoms with van der Waals surface area (Å²) in [6.07, 6.45) is 0. The summed E-state index contributed by atoms with van der Waals surface area (Å²) in [5, 5.41) is 5.66. The van der Waals surface area contributed by atoms with E-state index in [0.29, 0.717) is 6.54 Å². The first-order chi connectivity index (χ1) is 10.2. The van der Waals surface area contributed by atoms with Crippen molar-refractivity contribution in [3.8, 4) is 0 Å². The number of hydrogen-bond acceptors (Lipinski definition) is 2. The normalized spacial score (nSPS) is 10.2. The van der Waals surface area contributed by atoms with Crippen LogP contribution in [0.3, 0.4) is 0 Å². The Labute approximate surface area is 131 Å². The summed E-state index contributed by atoms with van der Waals surface area (Å²) in [6.45, 7) is 0.599. The van der Waals surface area contributed by atoms with Crippen molar-refractivity contribution in [1.82, 2.24) is 5.32 Å². The van der Waals surface area contributed by atoms with Crippen molar-refractivity contribution in [2.24, 2.45) is 0 Å². The molecule has 0 aliphatic heterocycles. The fourth-order valence-electron chi connectivity index (χ4n) is 1.63. The molecule has 0 amide bonds. The maximum atomic E-state index is 13.4. The Kier molecular flexibility index (Phi) is 5.95. The molecular formula is C15H14F2N2S2. The number of anilines is 1. The third kappa shape index (κ3) is 4.99. The molecule has 0 saturated heterocycles. The fourth-order valence-corrected chi connectivity index (χ4v) is 2.62. The molecule has 6 heteroatoms. The lowest BCUT2D eigenvalue weighted by Gasteiger charge is -2.11. The van der Waals surface area contributed by atoms with E-state index in [1.165, 1.54) is 23.1 Å². The second kappa shape index (κ2) is 7.95. The number of benzene rings is 2. The second-order valence-electron chi connectivity index (χ2n) is 4.14. The van der Waals surface area contributed by atoms with Gasteiger partial charge in [-0.25, -0.2) is 8.78 Å². The monoisotopic (exact) mass is 324 g/mol. The molecule has 0 aliphatic rings. The lowest BCUT2D eigenvalue weighted by atomic mass is 10.3. The molecule has 0 bridgehead atoms. The van der Waals surface area contributed by atoms with Crippen LogP contribution in [0.4, 0.5) is 14.5 Å². The van der Waals surface area contributed by atoms with Gasteiger partial charge in [-0.05, 0) is 36.5 Å². The molecule has 0 atom stereocenters. The maximum Gasteiger partial charge on any atom is 0.170 e. The SMILES string of the molecule is Fc1cccc(F)c1NC(=S)NCCSc1ccccc1. The minimum absolute atomic E-state index is 0.202. The van der Waals surface area contributed by atoms with Crippen LogP contribution in [0.1, 0.15) is 0 Å². The molecule has 0 fully saturated rings. The van der Waals surface area contributed by atoms with E-state index in [1.807, 2.05) is 30.3 Å². The van der Waals surface area contributed by atoms with Gasteiger partial charge in [-0.1, -0.05) is 24.3 Å². The summed E-state index contributed by atoms with van der Waals surface area (Å²) in [7, 11) is 0. The van der Waals surface area contributed by atoms with Crippen LogP contribution in [0, 0.1) is 11.6 Å².